The van der Waals surface area contributed by atoms with Crippen molar-refractivity contribution in [1.82, 2.24) is 25.0 Å². The van der Waals surface area contributed by atoms with E-state index in [1.54, 1.807) is 6.20 Å². The van der Waals surface area contributed by atoms with Gasteiger partial charge < -0.3 is 10.2 Å². The molecule has 0 radical (unpaired) electrons. The van der Waals surface area contributed by atoms with Crippen LogP contribution in [0.2, 0.25) is 0 Å². The zero-order valence-corrected chi connectivity index (χ0v) is 15.4. The molecule has 0 atom stereocenters. The number of hydrogen-bond acceptors (Lipinski definition) is 3. The van der Waals surface area contributed by atoms with E-state index in [1.807, 2.05) is 52.3 Å². The maximum Gasteiger partial charge on any atom is 0.317 e. The Morgan fingerprint density at radius 3 is 2.78 bits per heavy atom. The third kappa shape index (κ3) is 4.27. The Morgan fingerprint density at radius 2 is 1.96 bits per heavy atom. The van der Waals surface area contributed by atoms with Gasteiger partial charge in [-0.15, -0.1) is 0 Å². The summed E-state index contributed by atoms with van der Waals surface area (Å²) in [5, 5.41) is 8.43. The lowest BCUT2D eigenvalue weighted by molar-refractivity contribution is 0.166. The summed E-state index contributed by atoms with van der Waals surface area (Å²) in [6.07, 6.45) is 8.87. The van der Waals surface area contributed by atoms with Crippen LogP contribution in [-0.2, 0) is 13.1 Å². The van der Waals surface area contributed by atoms with Crippen LogP contribution >= 0.6 is 0 Å². The number of para-hydroxylation sites is 1. The van der Waals surface area contributed by atoms with E-state index < -0.39 is 0 Å². The van der Waals surface area contributed by atoms with Crippen LogP contribution in [0, 0.1) is 5.92 Å². The Balaban J connectivity index is 1.26. The van der Waals surface area contributed by atoms with Gasteiger partial charge in [0.15, 0.2) is 0 Å². The minimum Gasteiger partial charge on any atom is -0.334 e. The fourth-order valence-corrected chi connectivity index (χ4v) is 3.76. The quantitative estimate of drug-likeness (QED) is 0.755. The molecule has 1 aliphatic heterocycles. The number of rotatable bonds is 5. The summed E-state index contributed by atoms with van der Waals surface area (Å²) in [5.74, 6) is 0.669. The number of aromatic nitrogens is 3. The molecule has 0 bridgehead atoms. The highest BCUT2D eigenvalue weighted by molar-refractivity contribution is 5.82. The number of carbonyl (C=O) groups excluding carboxylic acids is 1. The number of likely N-dealkylation sites (tertiary alicyclic amines) is 1. The second kappa shape index (κ2) is 8.20. The number of nitrogens with zero attached hydrogens (tertiary/aromatic N) is 4. The van der Waals surface area contributed by atoms with Crippen LogP contribution < -0.4 is 5.32 Å². The molecule has 2 aromatic heterocycles. The first-order valence-electron chi connectivity index (χ1n) is 9.62. The van der Waals surface area contributed by atoms with Gasteiger partial charge in [-0.25, -0.2) is 4.79 Å². The Morgan fingerprint density at radius 1 is 1.11 bits per heavy atom. The Kier molecular flexibility index (Phi) is 5.32. The lowest BCUT2D eigenvalue weighted by Crippen LogP contribution is -2.44. The maximum absolute atomic E-state index is 12.5. The van der Waals surface area contributed by atoms with Crippen molar-refractivity contribution in [3.8, 4) is 0 Å². The minimum atomic E-state index is 0.0291. The van der Waals surface area contributed by atoms with E-state index in [2.05, 4.69) is 21.5 Å². The average Bonchev–Trinajstić information content (AvgIpc) is 3.24. The Hall–Kier alpha value is -2.89. The number of nitrogens with one attached hydrogen (secondary N) is 1. The summed E-state index contributed by atoms with van der Waals surface area (Å²) >= 11 is 0. The molecular formula is C21H25N5O. The highest BCUT2D eigenvalue weighted by atomic mass is 16.2. The summed E-state index contributed by atoms with van der Waals surface area (Å²) in [6.45, 7) is 3.14. The fourth-order valence-electron chi connectivity index (χ4n) is 3.76. The molecule has 6 nitrogen and oxygen atoms in total. The second-order valence-electron chi connectivity index (χ2n) is 7.13. The molecule has 0 aliphatic carbocycles. The van der Waals surface area contributed by atoms with Crippen molar-refractivity contribution in [2.24, 2.45) is 5.92 Å². The van der Waals surface area contributed by atoms with Gasteiger partial charge >= 0.3 is 6.03 Å². The smallest absolute Gasteiger partial charge is 0.317 e. The van der Waals surface area contributed by atoms with E-state index in [1.165, 1.54) is 0 Å². The highest BCUT2D eigenvalue weighted by Crippen LogP contribution is 2.21. The zero-order valence-electron chi connectivity index (χ0n) is 15.4. The normalized spacial score (nSPS) is 15.2. The number of urea groups is 1. The Labute approximate surface area is 159 Å². The third-order valence-electron chi connectivity index (χ3n) is 5.40. The number of pyridine rings is 1. The molecule has 3 aromatic rings. The zero-order chi connectivity index (χ0) is 18.5. The second-order valence-corrected chi connectivity index (χ2v) is 7.13. The fraction of sp³-hybridized carbons (Fsp3) is 0.381. The van der Waals surface area contributed by atoms with Crippen molar-refractivity contribution < 1.29 is 4.79 Å². The van der Waals surface area contributed by atoms with Crippen LogP contribution in [-0.4, -0.2) is 38.8 Å². The average molecular weight is 363 g/mol. The van der Waals surface area contributed by atoms with Crippen molar-refractivity contribution in [2.75, 3.05) is 13.1 Å². The summed E-state index contributed by atoms with van der Waals surface area (Å²) < 4.78 is 1.98. The van der Waals surface area contributed by atoms with E-state index in [-0.39, 0.29) is 6.03 Å². The molecule has 2 amide bonds. The molecule has 0 unspecified atom stereocenters. The molecule has 0 spiro atoms. The summed E-state index contributed by atoms with van der Waals surface area (Å²) in [6, 6.07) is 12.0. The molecule has 140 valence electrons. The number of piperidine rings is 1. The van der Waals surface area contributed by atoms with E-state index in [0.29, 0.717) is 12.5 Å². The molecule has 4 rings (SSSR count). The summed E-state index contributed by atoms with van der Waals surface area (Å²) in [7, 11) is 0. The van der Waals surface area contributed by atoms with Gasteiger partial charge in [-0.3, -0.25) is 9.67 Å². The van der Waals surface area contributed by atoms with Gasteiger partial charge in [0.05, 0.1) is 5.52 Å². The lowest BCUT2D eigenvalue weighted by atomic mass is 9.94. The number of hydrogen-bond donors (Lipinski definition) is 1. The molecule has 1 aromatic carbocycles. The number of amides is 2. The van der Waals surface area contributed by atoms with E-state index in [9.17, 15) is 4.79 Å². The van der Waals surface area contributed by atoms with Gasteiger partial charge in [0, 0.05) is 50.2 Å². The number of carbonyl (C=O) groups is 1. The SMILES string of the molecule is O=C(NCc1ccnc2ccccc12)N1CCC(CCn2cccn2)CC1. The Bertz CT molecular complexity index is 879. The standard InChI is InChI=1S/C21H25N5O/c27-21(23-16-18-6-11-22-20-5-2-1-4-19(18)20)25-13-7-17(8-14-25)9-15-26-12-3-10-24-26/h1-6,10-12,17H,7-9,13-16H2,(H,23,27). The van der Waals surface area contributed by atoms with Crippen LogP contribution in [0.25, 0.3) is 10.9 Å². The van der Waals surface area contributed by atoms with Crippen molar-refractivity contribution in [1.29, 1.82) is 0 Å². The van der Waals surface area contributed by atoms with Crippen molar-refractivity contribution >= 4 is 16.9 Å². The van der Waals surface area contributed by atoms with E-state index in [4.69, 9.17) is 0 Å². The van der Waals surface area contributed by atoms with Gasteiger partial charge in [0.1, 0.15) is 0 Å². The first-order valence-corrected chi connectivity index (χ1v) is 9.62. The predicted octanol–water partition coefficient (Wildman–Crippen LogP) is 3.44. The molecule has 1 fully saturated rings. The number of fused-ring (bicyclic) bond motifs is 1. The first-order chi connectivity index (χ1) is 13.3. The molecule has 1 saturated heterocycles. The predicted molar refractivity (Wildman–Crippen MR) is 105 cm³/mol. The van der Waals surface area contributed by atoms with Gasteiger partial charge in [0.25, 0.3) is 0 Å². The van der Waals surface area contributed by atoms with Crippen LogP contribution in [0.3, 0.4) is 0 Å². The topological polar surface area (TPSA) is 63.1 Å². The van der Waals surface area contributed by atoms with Crippen LogP contribution in [0.1, 0.15) is 24.8 Å². The van der Waals surface area contributed by atoms with Crippen molar-refractivity contribution in [2.45, 2.75) is 32.4 Å². The van der Waals surface area contributed by atoms with Crippen LogP contribution in [0.15, 0.2) is 55.0 Å². The van der Waals surface area contributed by atoms with E-state index >= 15 is 0 Å². The largest absolute Gasteiger partial charge is 0.334 e. The van der Waals surface area contributed by atoms with Gasteiger partial charge in [-0.05, 0) is 48.9 Å². The molecule has 1 N–H and O–H groups in total. The molecule has 1 aliphatic rings. The molecule has 6 heteroatoms. The lowest BCUT2D eigenvalue weighted by Gasteiger charge is -2.32. The van der Waals surface area contributed by atoms with Crippen molar-refractivity contribution in [3.63, 3.8) is 0 Å². The molecule has 3 heterocycles. The number of aryl methyl sites for hydroxylation is 1. The summed E-state index contributed by atoms with van der Waals surface area (Å²) in [4.78, 5) is 18.9. The van der Waals surface area contributed by atoms with Gasteiger partial charge in [-0.1, -0.05) is 18.2 Å². The highest BCUT2D eigenvalue weighted by Gasteiger charge is 2.22. The van der Waals surface area contributed by atoms with Crippen LogP contribution in [0.5, 0.6) is 0 Å². The number of benzene rings is 1. The van der Waals surface area contributed by atoms with Gasteiger partial charge in [-0.2, -0.15) is 5.10 Å². The molecule has 27 heavy (non-hydrogen) atoms. The van der Waals surface area contributed by atoms with Crippen LogP contribution in [0.4, 0.5) is 4.79 Å². The minimum absolute atomic E-state index is 0.0291. The molecule has 0 saturated carbocycles. The van der Waals surface area contributed by atoms with Crippen molar-refractivity contribution in [3.05, 3.63) is 60.6 Å². The first kappa shape index (κ1) is 17.5. The van der Waals surface area contributed by atoms with E-state index in [0.717, 1.165) is 55.4 Å². The van der Waals surface area contributed by atoms with Gasteiger partial charge in [0.2, 0.25) is 0 Å². The monoisotopic (exact) mass is 363 g/mol. The summed E-state index contributed by atoms with van der Waals surface area (Å²) in [5.41, 5.74) is 2.06. The maximum atomic E-state index is 12.5. The molecular weight excluding hydrogens is 338 g/mol. The third-order valence-corrected chi connectivity index (χ3v) is 5.40.